The molecule has 2 N–H and O–H groups in total. The summed E-state index contributed by atoms with van der Waals surface area (Å²) in [6, 6.07) is 3.77. The molecule has 0 aliphatic carbocycles. The van der Waals surface area contributed by atoms with Crippen molar-refractivity contribution in [2.24, 2.45) is 0 Å². The zero-order valence-electron chi connectivity index (χ0n) is 9.87. The van der Waals surface area contributed by atoms with E-state index in [-0.39, 0.29) is 12.2 Å². The van der Waals surface area contributed by atoms with Crippen LogP contribution in [0, 0.1) is 5.82 Å². The number of benzene rings is 1. The predicted molar refractivity (Wildman–Crippen MR) is 61.8 cm³/mol. The summed E-state index contributed by atoms with van der Waals surface area (Å²) in [6.07, 6.45) is 0.231. The Morgan fingerprint density at radius 1 is 1.59 bits per heavy atom. The van der Waals surface area contributed by atoms with E-state index in [1.54, 1.807) is 20.0 Å². The van der Waals surface area contributed by atoms with Crippen LogP contribution < -0.4 is 10.1 Å². The molecule has 0 radical (unpaired) electrons. The Hall–Kier alpha value is -1.62. The highest BCUT2D eigenvalue weighted by molar-refractivity contribution is 5.73. The number of hydrogen-bond donors (Lipinski definition) is 2. The van der Waals surface area contributed by atoms with Crippen LogP contribution in [0.2, 0.25) is 0 Å². The van der Waals surface area contributed by atoms with E-state index in [1.807, 2.05) is 0 Å². The summed E-state index contributed by atoms with van der Waals surface area (Å²) in [5.74, 6) is -1.24. The van der Waals surface area contributed by atoms with Crippen molar-refractivity contribution < 1.29 is 19.0 Å². The number of hydrogen-bond acceptors (Lipinski definition) is 3. The number of carboxylic acids is 1. The van der Waals surface area contributed by atoms with Crippen LogP contribution in [0.15, 0.2) is 18.2 Å². The number of ether oxygens (including phenoxy) is 1. The molecule has 94 valence electrons. The second-order valence-corrected chi connectivity index (χ2v) is 3.58. The van der Waals surface area contributed by atoms with Crippen molar-refractivity contribution in [2.75, 3.05) is 13.7 Å². The van der Waals surface area contributed by atoms with E-state index in [0.717, 1.165) is 0 Å². The van der Waals surface area contributed by atoms with Crippen molar-refractivity contribution in [2.45, 2.75) is 19.4 Å². The quantitative estimate of drug-likeness (QED) is 0.791. The number of aliphatic carboxylic acids is 1. The third-order valence-corrected chi connectivity index (χ3v) is 2.38. The van der Waals surface area contributed by atoms with E-state index < -0.39 is 17.8 Å². The largest absolute Gasteiger partial charge is 0.491 e. The number of nitrogens with one attached hydrogen (secondary N) is 1. The summed E-state index contributed by atoms with van der Waals surface area (Å²) in [7, 11) is 1.56. The zero-order chi connectivity index (χ0) is 12.8. The molecule has 0 aromatic heterocycles. The highest BCUT2D eigenvalue weighted by atomic mass is 19.1. The van der Waals surface area contributed by atoms with Crippen molar-refractivity contribution in [3.05, 3.63) is 29.6 Å². The molecule has 1 aromatic carbocycles. The molecule has 0 heterocycles. The third-order valence-electron chi connectivity index (χ3n) is 2.38. The van der Waals surface area contributed by atoms with Crippen LogP contribution in [0.3, 0.4) is 0 Å². The van der Waals surface area contributed by atoms with Gasteiger partial charge in [-0.3, -0.25) is 4.79 Å². The molecule has 1 atom stereocenters. The minimum Gasteiger partial charge on any atom is -0.491 e. The van der Waals surface area contributed by atoms with Gasteiger partial charge in [0, 0.05) is 0 Å². The molecule has 0 fully saturated rings. The minimum absolute atomic E-state index is 0.188. The van der Waals surface area contributed by atoms with Crippen LogP contribution in [-0.4, -0.2) is 30.8 Å². The maximum absolute atomic E-state index is 13.5. The maximum Gasteiger partial charge on any atom is 0.321 e. The van der Waals surface area contributed by atoms with Gasteiger partial charge in [0.2, 0.25) is 0 Å². The van der Waals surface area contributed by atoms with E-state index in [1.165, 1.54) is 12.1 Å². The molecule has 4 nitrogen and oxygen atoms in total. The van der Waals surface area contributed by atoms with Gasteiger partial charge in [-0.2, -0.15) is 0 Å². The number of carboxylic acid groups (broad SMARTS) is 1. The van der Waals surface area contributed by atoms with Gasteiger partial charge in [0.05, 0.1) is 6.61 Å². The lowest BCUT2D eigenvalue weighted by Crippen LogP contribution is -2.35. The van der Waals surface area contributed by atoms with Crippen LogP contribution in [-0.2, 0) is 11.2 Å². The van der Waals surface area contributed by atoms with E-state index in [4.69, 9.17) is 9.84 Å². The molecule has 1 unspecified atom stereocenters. The van der Waals surface area contributed by atoms with Crippen molar-refractivity contribution in [3.63, 3.8) is 0 Å². The van der Waals surface area contributed by atoms with Gasteiger partial charge in [0.15, 0.2) is 11.6 Å². The smallest absolute Gasteiger partial charge is 0.321 e. The first-order valence-corrected chi connectivity index (χ1v) is 5.39. The van der Waals surface area contributed by atoms with Crippen LogP contribution in [0.5, 0.6) is 5.75 Å². The van der Waals surface area contributed by atoms with Crippen molar-refractivity contribution in [1.82, 2.24) is 5.32 Å². The second-order valence-electron chi connectivity index (χ2n) is 3.58. The first kappa shape index (κ1) is 13.4. The molecule has 0 aliphatic heterocycles. The molecular weight excluding hydrogens is 225 g/mol. The summed E-state index contributed by atoms with van der Waals surface area (Å²) in [5.41, 5.74) is 0.618. The number of carbonyl (C=O) groups is 1. The van der Waals surface area contributed by atoms with E-state index in [0.29, 0.717) is 12.2 Å². The normalized spacial score (nSPS) is 12.2. The van der Waals surface area contributed by atoms with E-state index >= 15 is 0 Å². The number of likely N-dealkylation sites (N-methyl/N-ethyl adjacent to an activating group) is 1. The van der Waals surface area contributed by atoms with Crippen molar-refractivity contribution in [1.29, 1.82) is 0 Å². The Morgan fingerprint density at radius 3 is 2.76 bits per heavy atom. The minimum atomic E-state index is -0.957. The van der Waals surface area contributed by atoms with Gasteiger partial charge in [0.25, 0.3) is 0 Å². The fourth-order valence-corrected chi connectivity index (χ4v) is 1.49. The van der Waals surface area contributed by atoms with Crippen LogP contribution in [0.4, 0.5) is 4.39 Å². The average Bonchev–Trinajstić information content (AvgIpc) is 2.29. The van der Waals surface area contributed by atoms with E-state index in [9.17, 15) is 9.18 Å². The zero-order valence-corrected chi connectivity index (χ0v) is 9.87. The van der Waals surface area contributed by atoms with Crippen LogP contribution in [0.25, 0.3) is 0 Å². The lowest BCUT2D eigenvalue weighted by atomic mass is 10.1. The van der Waals surface area contributed by atoms with Crippen molar-refractivity contribution in [3.8, 4) is 5.75 Å². The highest BCUT2D eigenvalue weighted by Crippen LogP contribution is 2.19. The van der Waals surface area contributed by atoms with E-state index in [2.05, 4.69) is 5.32 Å². The first-order chi connectivity index (χ1) is 8.08. The lowest BCUT2D eigenvalue weighted by molar-refractivity contribution is -0.139. The number of halogens is 1. The van der Waals surface area contributed by atoms with Gasteiger partial charge in [-0.05, 0) is 38.1 Å². The maximum atomic E-state index is 13.5. The summed E-state index contributed by atoms with van der Waals surface area (Å²) < 4.78 is 18.6. The molecule has 17 heavy (non-hydrogen) atoms. The standard InChI is InChI=1S/C12H16FNO3/c1-3-17-11-5-4-8(6-9(11)13)7-10(14-2)12(15)16/h4-6,10,14H,3,7H2,1-2H3,(H,15,16). The monoisotopic (exact) mass is 241 g/mol. The molecule has 0 aliphatic rings. The van der Waals surface area contributed by atoms with Gasteiger partial charge < -0.3 is 15.2 Å². The molecular formula is C12H16FNO3. The summed E-state index contributed by atoms with van der Waals surface area (Å²) >= 11 is 0. The Balaban J connectivity index is 2.79. The molecule has 0 saturated carbocycles. The Morgan fingerprint density at radius 2 is 2.29 bits per heavy atom. The second kappa shape index (κ2) is 6.20. The SMILES string of the molecule is CCOc1ccc(CC(NC)C(=O)O)cc1F. The first-order valence-electron chi connectivity index (χ1n) is 5.39. The van der Waals surface area contributed by atoms with Gasteiger partial charge in [-0.1, -0.05) is 6.07 Å². The van der Waals surface area contributed by atoms with Crippen LogP contribution >= 0.6 is 0 Å². The molecule has 0 bridgehead atoms. The lowest BCUT2D eigenvalue weighted by Gasteiger charge is -2.12. The summed E-state index contributed by atoms with van der Waals surface area (Å²) in [4.78, 5) is 10.8. The number of rotatable bonds is 6. The Bertz CT molecular complexity index is 395. The molecule has 1 aromatic rings. The topological polar surface area (TPSA) is 58.6 Å². The third kappa shape index (κ3) is 3.71. The predicted octanol–water partition coefficient (Wildman–Crippen LogP) is 1.44. The summed E-state index contributed by atoms with van der Waals surface area (Å²) in [5, 5.41) is 11.5. The fraction of sp³-hybridized carbons (Fsp3) is 0.417. The average molecular weight is 241 g/mol. The van der Waals surface area contributed by atoms with Gasteiger partial charge >= 0.3 is 5.97 Å². The van der Waals surface area contributed by atoms with Gasteiger partial charge in [0.1, 0.15) is 6.04 Å². The van der Waals surface area contributed by atoms with Gasteiger partial charge in [-0.15, -0.1) is 0 Å². The van der Waals surface area contributed by atoms with Gasteiger partial charge in [-0.25, -0.2) is 4.39 Å². The molecule has 1 rings (SSSR count). The van der Waals surface area contributed by atoms with Crippen LogP contribution in [0.1, 0.15) is 12.5 Å². The fourth-order valence-electron chi connectivity index (χ4n) is 1.49. The Kier molecular flexibility index (Phi) is 4.90. The highest BCUT2D eigenvalue weighted by Gasteiger charge is 2.16. The molecule has 0 saturated heterocycles. The summed E-state index contributed by atoms with van der Waals surface area (Å²) in [6.45, 7) is 2.17. The van der Waals surface area contributed by atoms with Crippen molar-refractivity contribution >= 4 is 5.97 Å². The molecule has 0 amide bonds. The Labute approximate surface area is 99.4 Å². The molecule has 0 spiro atoms. The molecule has 5 heteroatoms.